The van der Waals surface area contributed by atoms with E-state index in [2.05, 4.69) is 13.8 Å². The molecular formula is C14H25NO3. The number of rotatable bonds is 0. The van der Waals surface area contributed by atoms with E-state index in [1.165, 1.54) is 0 Å². The minimum absolute atomic E-state index is 0.143. The van der Waals surface area contributed by atoms with Crippen molar-refractivity contribution in [3.63, 3.8) is 0 Å². The van der Waals surface area contributed by atoms with E-state index >= 15 is 0 Å². The van der Waals surface area contributed by atoms with E-state index < -0.39 is 5.60 Å². The molecule has 1 amide bonds. The standard InChI is InChI=1S/C14H25NO3/c1-12(2,3)18-11(16)15-8-6-14(10-15)13(4,5)7-9-17-14/h6-10H2,1-5H3. The fraction of sp³-hybridized carbons (Fsp3) is 0.929. The van der Waals surface area contributed by atoms with Crippen LogP contribution in [0.1, 0.15) is 47.5 Å². The molecule has 2 rings (SSSR count). The zero-order chi connectivity index (χ0) is 13.6. The van der Waals surface area contributed by atoms with Gasteiger partial charge >= 0.3 is 6.09 Å². The molecule has 4 heteroatoms. The molecule has 1 unspecified atom stereocenters. The Morgan fingerprint density at radius 1 is 1.28 bits per heavy atom. The van der Waals surface area contributed by atoms with Gasteiger partial charge in [-0.3, -0.25) is 0 Å². The second-order valence-corrected chi connectivity index (χ2v) is 7.13. The SMILES string of the molecule is CC(C)(C)OC(=O)N1CCC2(C1)OCCC2(C)C. The third kappa shape index (κ3) is 2.35. The highest BCUT2D eigenvalue weighted by molar-refractivity contribution is 5.68. The number of hydrogen-bond donors (Lipinski definition) is 0. The number of likely N-dealkylation sites (tertiary alicyclic amines) is 1. The van der Waals surface area contributed by atoms with E-state index in [-0.39, 0.29) is 17.1 Å². The minimum atomic E-state index is -0.432. The molecule has 0 aliphatic carbocycles. The van der Waals surface area contributed by atoms with Gasteiger partial charge < -0.3 is 14.4 Å². The Hall–Kier alpha value is -0.770. The van der Waals surface area contributed by atoms with E-state index in [9.17, 15) is 4.79 Å². The number of amides is 1. The topological polar surface area (TPSA) is 38.8 Å². The third-order valence-electron chi connectivity index (χ3n) is 4.22. The van der Waals surface area contributed by atoms with Crippen molar-refractivity contribution in [1.29, 1.82) is 0 Å². The molecule has 4 nitrogen and oxygen atoms in total. The van der Waals surface area contributed by atoms with Crippen molar-refractivity contribution in [2.45, 2.75) is 58.7 Å². The molecule has 18 heavy (non-hydrogen) atoms. The van der Waals surface area contributed by atoms with Gasteiger partial charge in [-0.05, 0) is 39.0 Å². The fourth-order valence-electron chi connectivity index (χ4n) is 2.86. The normalized spacial score (nSPS) is 31.1. The number of hydrogen-bond acceptors (Lipinski definition) is 3. The lowest BCUT2D eigenvalue weighted by molar-refractivity contribution is -0.0436. The molecule has 0 aromatic carbocycles. The average Bonchev–Trinajstić information content (AvgIpc) is 2.71. The second-order valence-electron chi connectivity index (χ2n) is 7.13. The lowest BCUT2D eigenvalue weighted by atomic mass is 9.74. The zero-order valence-corrected chi connectivity index (χ0v) is 12.2. The molecule has 2 aliphatic heterocycles. The van der Waals surface area contributed by atoms with Crippen LogP contribution in [0.15, 0.2) is 0 Å². The predicted molar refractivity (Wildman–Crippen MR) is 69.5 cm³/mol. The molecule has 1 atom stereocenters. The Morgan fingerprint density at radius 3 is 2.44 bits per heavy atom. The Labute approximate surface area is 110 Å². The molecule has 0 aromatic heterocycles. The van der Waals surface area contributed by atoms with Crippen LogP contribution in [-0.4, -0.2) is 41.9 Å². The maximum Gasteiger partial charge on any atom is 0.410 e. The number of nitrogens with zero attached hydrogens (tertiary/aromatic N) is 1. The van der Waals surface area contributed by atoms with Crippen molar-refractivity contribution in [2.24, 2.45) is 5.41 Å². The van der Waals surface area contributed by atoms with E-state index in [1.807, 2.05) is 20.8 Å². The van der Waals surface area contributed by atoms with Crippen molar-refractivity contribution >= 4 is 6.09 Å². The Bertz CT molecular complexity index is 345. The monoisotopic (exact) mass is 255 g/mol. The van der Waals surface area contributed by atoms with Crippen LogP contribution in [0.5, 0.6) is 0 Å². The molecule has 0 saturated carbocycles. The van der Waals surface area contributed by atoms with E-state index in [0.717, 1.165) is 26.0 Å². The van der Waals surface area contributed by atoms with Gasteiger partial charge in [-0.2, -0.15) is 0 Å². The lowest BCUT2D eigenvalue weighted by Gasteiger charge is -2.36. The third-order valence-corrected chi connectivity index (χ3v) is 4.22. The lowest BCUT2D eigenvalue weighted by Crippen LogP contribution is -2.45. The van der Waals surface area contributed by atoms with Crippen molar-refractivity contribution in [1.82, 2.24) is 4.90 Å². The van der Waals surface area contributed by atoms with Gasteiger partial charge in [-0.25, -0.2) is 4.79 Å². The smallest absolute Gasteiger partial charge is 0.410 e. The molecule has 2 aliphatic rings. The van der Waals surface area contributed by atoms with Gasteiger partial charge in [-0.1, -0.05) is 13.8 Å². The average molecular weight is 255 g/mol. The first-order valence-electron chi connectivity index (χ1n) is 6.77. The zero-order valence-electron chi connectivity index (χ0n) is 12.2. The van der Waals surface area contributed by atoms with Gasteiger partial charge in [0.25, 0.3) is 0 Å². The first kappa shape index (κ1) is 13.7. The first-order valence-corrected chi connectivity index (χ1v) is 6.77. The fourth-order valence-corrected chi connectivity index (χ4v) is 2.86. The first-order chi connectivity index (χ1) is 8.15. The van der Waals surface area contributed by atoms with Crippen LogP contribution in [0.3, 0.4) is 0 Å². The highest BCUT2D eigenvalue weighted by Gasteiger charge is 2.55. The highest BCUT2D eigenvalue weighted by atomic mass is 16.6. The van der Waals surface area contributed by atoms with Gasteiger partial charge in [0.2, 0.25) is 0 Å². The van der Waals surface area contributed by atoms with E-state index in [1.54, 1.807) is 4.90 Å². The number of ether oxygens (including phenoxy) is 2. The highest BCUT2D eigenvalue weighted by Crippen LogP contribution is 2.48. The number of carbonyl (C=O) groups excluding carboxylic acids is 1. The van der Waals surface area contributed by atoms with Gasteiger partial charge in [0.05, 0.1) is 12.1 Å². The van der Waals surface area contributed by atoms with Crippen molar-refractivity contribution in [2.75, 3.05) is 19.7 Å². The van der Waals surface area contributed by atoms with Crippen LogP contribution >= 0.6 is 0 Å². The predicted octanol–water partition coefficient (Wildman–Crippen LogP) is 2.81. The Balaban J connectivity index is 2.03. The summed E-state index contributed by atoms with van der Waals surface area (Å²) in [7, 11) is 0. The molecule has 2 heterocycles. The molecule has 0 aromatic rings. The molecule has 2 saturated heterocycles. The minimum Gasteiger partial charge on any atom is -0.444 e. The summed E-state index contributed by atoms with van der Waals surface area (Å²) in [4.78, 5) is 13.9. The number of carbonyl (C=O) groups is 1. The van der Waals surface area contributed by atoms with Crippen LogP contribution in [-0.2, 0) is 9.47 Å². The summed E-state index contributed by atoms with van der Waals surface area (Å²) in [6, 6.07) is 0. The molecule has 0 bridgehead atoms. The van der Waals surface area contributed by atoms with Gasteiger partial charge in [-0.15, -0.1) is 0 Å². The maximum absolute atomic E-state index is 12.1. The van der Waals surface area contributed by atoms with E-state index in [4.69, 9.17) is 9.47 Å². The van der Waals surface area contributed by atoms with Crippen molar-refractivity contribution < 1.29 is 14.3 Å². The van der Waals surface area contributed by atoms with Gasteiger partial charge in [0.15, 0.2) is 0 Å². The largest absolute Gasteiger partial charge is 0.444 e. The summed E-state index contributed by atoms with van der Waals surface area (Å²) in [6.45, 7) is 12.4. The van der Waals surface area contributed by atoms with Gasteiger partial charge in [0, 0.05) is 13.2 Å². The summed E-state index contributed by atoms with van der Waals surface area (Å²) in [5.41, 5.74) is -0.452. The summed E-state index contributed by atoms with van der Waals surface area (Å²) in [5.74, 6) is 0. The second kappa shape index (κ2) is 4.12. The van der Waals surface area contributed by atoms with Crippen LogP contribution in [0.4, 0.5) is 4.79 Å². The summed E-state index contributed by atoms with van der Waals surface area (Å²) in [6.07, 6.45) is 1.76. The van der Waals surface area contributed by atoms with Crippen molar-refractivity contribution in [3.8, 4) is 0 Å². The molecule has 2 fully saturated rings. The molecule has 0 N–H and O–H groups in total. The quantitative estimate of drug-likeness (QED) is 0.668. The summed E-state index contributed by atoms with van der Waals surface area (Å²) in [5, 5.41) is 0. The van der Waals surface area contributed by atoms with Gasteiger partial charge in [0.1, 0.15) is 5.60 Å². The van der Waals surface area contributed by atoms with Crippen LogP contribution in [0, 0.1) is 5.41 Å². The van der Waals surface area contributed by atoms with Crippen LogP contribution in [0.2, 0.25) is 0 Å². The van der Waals surface area contributed by atoms with Crippen LogP contribution in [0.25, 0.3) is 0 Å². The molecule has 104 valence electrons. The van der Waals surface area contributed by atoms with Crippen LogP contribution < -0.4 is 0 Å². The van der Waals surface area contributed by atoms with E-state index in [0.29, 0.717) is 6.54 Å². The maximum atomic E-state index is 12.1. The molecule has 0 radical (unpaired) electrons. The molecular weight excluding hydrogens is 230 g/mol. The summed E-state index contributed by atoms with van der Waals surface area (Å²) >= 11 is 0. The molecule has 1 spiro atoms. The van der Waals surface area contributed by atoms with Crippen molar-refractivity contribution in [3.05, 3.63) is 0 Å². The Morgan fingerprint density at radius 2 is 1.94 bits per heavy atom. The summed E-state index contributed by atoms with van der Waals surface area (Å²) < 4.78 is 11.4. The Kier molecular flexibility index (Phi) is 3.13.